The first kappa shape index (κ1) is 19.8. The number of hydrogen-bond donors (Lipinski definition) is 1. The monoisotopic (exact) mass is 409 g/mol. The van der Waals surface area contributed by atoms with E-state index in [1.807, 2.05) is 36.0 Å². The molecular formula is C22H27N5OS. The molecule has 1 aliphatic rings. The Morgan fingerprint density at radius 1 is 1.17 bits per heavy atom. The first-order chi connectivity index (χ1) is 14.2. The van der Waals surface area contributed by atoms with Gasteiger partial charge in [-0.15, -0.1) is 11.3 Å². The van der Waals surface area contributed by atoms with E-state index in [-0.39, 0.29) is 11.8 Å². The summed E-state index contributed by atoms with van der Waals surface area (Å²) in [6.45, 7) is 6.11. The lowest BCUT2D eigenvalue weighted by atomic mass is 9.95. The Morgan fingerprint density at radius 3 is 2.66 bits per heavy atom. The number of thiazole rings is 1. The molecule has 6 nitrogen and oxygen atoms in total. The predicted octanol–water partition coefficient (Wildman–Crippen LogP) is 3.22. The van der Waals surface area contributed by atoms with E-state index in [2.05, 4.69) is 37.8 Å². The second-order valence-electron chi connectivity index (χ2n) is 7.60. The van der Waals surface area contributed by atoms with Gasteiger partial charge in [-0.2, -0.15) is 5.10 Å². The Kier molecular flexibility index (Phi) is 6.36. The minimum Gasteiger partial charge on any atom is -0.352 e. The number of rotatable bonds is 7. The van der Waals surface area contributed by atoms with Gasteiger partial charge >= 0.3 is 0 Å². The van der Waals surface area contributed by atoms with Crippen LogP contribution in [0.2, 0.25) is 0 Å². The molecular weight excluding hydrogens is 382 g/mol. The van der Waals surface area contributed by atoms with Gasteiger partial charge in [0, 0.05) is 36.8 Å². The summed E-state index contributed by atoms with van der Waals surface area (Å²) in [5.74, 6) is 0.268. The van der Waals surface area contributed by atoms with Crippen molar-refractivity contribution in [2.45, 2.75) is 39.4 Å². The van der Waals surface area contributed by atoms with Gasteiger partial charge in [0.2, 0.25) is 5.91 Å². The highest BCUT2D eigenvalue weighted by atomic mass is 32.1. The van der Waals surface area contributed by atoms with E-state index in [9.17, 15) is 4.79 Å². The number of nitrogens with one attached hydrogen (secondary N) is 1. The standard InChI is InChI=1S/C22H27N5OS/c1-17-25-21(16-29-17)15-26-11-7-18(8-12-26)22(28)23-13-19-5-2-3-6-20(19)14-27-10-4-9-24-27/h2-6,9-10,16,18H,7-8,11-15H2,1H3,(H,23,28). The third kappa shape index (κ3) is 5.31. The molecule has 1 N–H and O–H groups in total. The van der Waals surface area contributed by atoms with Gasteiger partial charge in [-0.1, -0.05) is 24.3 Å². The zero-order valence-corrected chi connectivity index (χ0v) is 17.6. The molecule has 7 heteroatoms. The molecule has 1 aliphatic heterocycles. The van der Waals surface area contributed by atoms with Crippen LogP contribution < -0.4 is 5.32 Å². The van der Waals surface area contributed by atoms with Gasteiger partial charge < -0.3 is 5.32 Å². The molecule has 0 spiro atoms. The molecule has 3 heterocycles. The van der Waals surface area contributed by atoms with E-state index < -0.39 is 0 Å². The molecule has 2 aromatic heterocycles. The maximum absolute atomic E-state index is 12.7. The number of aromatic nitrogens is 3. The summed E-state index contributed by atoms with van der Waals surface area (Å²) in [6, 6.07) is 10.2. The molecule has 1 saturated heterocycles. The van der Waals surface area contributed by atoms with Crippen LogP contribution in [-0.2, 0) is 24.4 Å². The highest BCUT2D eigenvalue weighted by Gasteiger charge is 2.25. The zero-order chi connectivity index (χ0) is 20.1. The minimum absolute atomic E-state index is 0.0988. The van der Waals surface area contributed by atoms with Gasteiger partial charge in [0.25, 0.3) is 0 Å². The molecule has 1 fully saturated rings. The Balaban J connectivity index is 1.26. The average Bonchev–Trinajstić information content (AvgIpc) is 3.39. The fourth-order valence-electron chi connectivity index (χ4n) is 3.84. The van der Waals surface area contributed by atoms with Crippen molar-refractivity contribution < 1.29 is 4.79 Å². The maximum Gasteiger partial charge on any atom is 0.223 e. The van der Waals surface area contributed by atoms with Crippen LogP contribution in [0.5, 0.6) is 0 Å². The zero-order valence-electron chi connectivity index (χ0n) is 16.8. The van der Waals surface area contributed by atoms with Crippen molar-refractivity contribution in [3.63, 3.8) is 0 Å². The van der Waals surface area contributed by atoms with Crippen LogP contribution in [0.1, 0.15) is 34.7 Å². The first-order valence-electron chi connectivity index (χ1n) is 10.1. The van der Waals surface area contributed by atoms with Gasteiger partial charge in [-0.3, -0.25) is 14.4 Å². The summed E-state index contributed by atoms with van der Waals surface area (Å²) in [4.78, 5) is 19.7. The molecule has 1 aromatic carbocycles. The van der Waals surface area contributed by atoms with E-state index in [0.717, 1.165) is 48.7 Å². The quantitative estimate of drug-likeness (QED) is 0.651. The van der Waals surface area contributed by atoms with E-state index in [0.29, 0.717) is 13.1 Å². The molecule has 152 valence electrons. The molecule has 0 bridgehead atoms. The Bertz CT molecular complexity index is 928. The molecule has 0 radical (unpaired) electrons. The highest BCUT2D eigenvalue weighted by molar-refractivity contribution is 7.09. The summed E-state index contributed by atoms with van der Waals surface area (Å²) < 4.78 is 1.90. The van der Waals surface area contributed by atoms with Crippen molar-refractivity contribution in [3.8, 4) is 0 Å². The number of amides is 1. The van der Waals surface area contributed by atoms with Gasteiger partial charge in [0.1, 0.15) is 0 Å². The van der Waals surface area contributed by atoms with Crippen molar-refractivity contribution in [2.75, 3.05) is 13.1 Å². The summed E-state index contributed by atoms with van der Waals surface area (Å²) in [5.41, 5.74) is 3.47. The second-order valence-corrected chi connectivity index (χ2v) is 8.66. The van der Waals surface area contributed by atoms with Crippen molar-refractivity contribution >= 4 is 17.2 Å². The van der Waals surface area contributed by atoms with Crippen LogP contribution in [-0.4, -0.2) is 38.7 Å². The number of nitrogens with zero attached hydrogens (tertiary/aromatic N) is 4. The molecule has 0 unspecified atom stereocenters. The lowest BCUT2D eigenvalue weighted by molar-refractivity contribution is -0.126. The number of carbonyl (C=O) groups is 1. The number of hydrogen-bond acceptors (Lipinski definition) is 5. The Morgan fingerprint density at radius 2 is 1.97 bits per heavy atom. The Hall–Kier alpha value is -2.51. The van der Waals surface area contributed by atoms with Crippen LogP contribution in [0.4, 0.5) is 0 Å². The van der Waals surface area contributed by atoms with Crippen molar-refractivity contribution in [1.82, 2.24) is 25.0 Å². The molecule has 4 rings (SSSR count). The lowest BCUT2D eigenvalue weighted by Gasteiger charge is -2.30. The van der Waals surface area contributed by atoms with Crippen LogP contribution in [0.25, 0.3) is 0 Å². The largest absolute Gasteiger partial charge is 0.352 e. The van der Waals surface area contributed by atoms with Crippen molar-refractivity contribution in [3.05, 3.63) is 69.9 Å². The lowest BCUT2D eigenvalue weighted by Crippen LogP contribution is -2.40. The van der Waals surface area contributed by atoms with Crippen LogP contribution in [0.3, 0.4) is 0 Å². The topological polar surface area (TPSA) is 63.1 Å². The first-order valence-corrected chi connectivity index (χ1v) is 11.0. The van der Waals surface area contributed by atoms with Crippen LogP contribution in [0, 0.1) is 12.8 Å². The second kappa shape index (κ2) is 9.33. The summed E-state index contributed by atoms with van der Waals surface area (Å²) in [5, 5.41) is 10.7. The number of likely N-dealkylation sites (tertiary alicyclic amines) is 1. The van der Waals surface area contributed by atoms with Crippen LogP contribution in [0.15, 0.2) is 48.1 Å². The molecule has 0 saturated carbocycles. The van der Waals surface area contributed by atoms with E-state index in [1.165, 1.54) is 5.56 Å². The fraction of sp³-hybridized carbons (Fsp3) is 0.409. The summed E-state index contributed by atoms with van der Waals surface area (Å²) in [6.07, 6.45) is 5.55. The molecule has 1 amide bonds. The van der Waals surface area contributed by atoms with Gasteiger partial charge in [0.05, 0.1) is 17.2 Å². The highest BCUT2D eigenvalue weighted by Crippen LogP contribution is 2.20. The van der Waals surface area contributed by atoms with Gasteiger partial charge in [-0.25, -0.2) is 4.98 Å². The Labute approximate surface area is 175 Å². The molecule has 0 aliphatic carbocycles. The smallest absolute Gasteiger partial charge is 0.223 e. The number of carbonyl (C=O) groups excluding carboxylic acids is 1. The third-order valence-electron chi connectivity index (χ3n) is 5.47. The molecule has 0 atom stereocenters. The van der Waals surface area contributed by atoms with E-state index >= 15 is 0 Å². The molecule has 29 heavy (non-hydrogen) atoms. The van der Waals surface area contributed by atoms with Crippen molar-refractivity contribution in [1.29, 1.82) is 0 Å². The van der Waals surface area contributed by atoms with Gasteiger partial charge in [-0.05, 0) is 50.0 Å². The van der Waals surface area contributed by atoms with E-state index in [4.69, 9.17) is 0 Å². The predicted molar refractivity (Wildman–Crippen MR) is 114 cm³/mol. The maximum atomic E-state index is 12.7. The van der Waals surface area contributed by atoms with E-state index in [1.54, 1.807) is 17.5 Å². The summed E-state index contributed by atoms with van der Waals surface area (Å²) in [7, 11) is 0. The third-order valence-corrected chi connectivity index (χ3v) is 6.30. The summed E-state index contributed by atoms with van der Waals surface area (Å²) >= 11 is 1.70. The normalized spacial score (nSPS) is 15.5. The fourth-order valence-corrected chi connectivity index (χ4v) is 4.45. The number of piperidine rings is 1. The minimum atomic E-state index is 0.0988. The SMILES string of the molecule is Cc1nc(CN2CCC(C(=O)NCc3ccccc3Cn3cccn3)CC2)cs1. The number of aryl methyl sites for hydroxylation is 1. The molecule has 3 aromatic rings. The van der Waals surface area contributed by atoms with Crippen molar-refractivity contribution in [2.24, 2.45) is 5.92 Å². The van der Waals surface area contributed by atoms with Gasteiger partial charge in [0.15, 0.2) is 0 Å². The van der Waals surface area contributed by atoms with Crippen LogP contribution >= 0.6 is 11.3 Å². The average molecular weight is 410 g/mol. The number of benzene rings is 1.